The van der Waals surface area contributed by atoms with E-state index in [-0.39, 0.29) is 11.6 Å². The van der Waals surface area contributed by atoms with E-state index in [0.29, 0.717) is 22.9 Å². The van der Waals surface area contributed by atoms with Crippen molar-refractivity contribution in [2.75, 3.05) is 5.73 Å². The Kier molecular flexibility index (Phi) is 1.91. The number of hydrogen-bond acceptors (Lipinski definition) is 4. The Labute approximate surface area is 95.7 Å². The number of rotatable bonds is 0. The van der Waals surface area contributed by atoms with Crippen LogP contribution < -0.4 is 10.5 Å². The number of aromatic nitrogens is 1. The Morgan fingerprint density at radius 3 is 3.12 bits per heavy atom. The van der Waals surface area contributed by atoms with Gasteiger partial charge in [-0.25, -0.2) is 9.37 Å². The first-order chi connectivity index (χ1) is 7.66. The predicted octanol–water partition coefficient (Wildman–Crippen LogP) is 2.73. The van der Waals surface area contributed by atoms with Gasteiger partial charge in [-0.2, -0.15) is 0 Å². The average molecular weight is 236 g/mol. The van der Waals surface area contributed by atoms with E-state index in [0.717, 1.165) is 10.6 Å². The van der Waals surface area contributed by atoms with Crippen molar-refractivity contribution in [2.45, 2.75) is 13.5 Å². The third-order valence-corrected chi connectivity index (χ3v) is 3.46. The van der Waals surface area contributed by atoms with Gasteiger partial charge in [0, 0.05) is 5.56 Å². The van der Waals surface area contributed by atoms with Gasteiger partial charge >= 0.3 is 0 Å². The summed E-state index contributed by atoms with van der Waals surface area (Å²) in [5.74, 6) is -0.0208. The summed E-state index contributed by atoms with van der Waals surface area (Å²) in [5.41, 5.74) is 7.66. The molecule has 0 atom stereocenters. The zero-order valence-electron chi connectivity index (χ0n) is 8.58. The number of thiazole rings is 1. The maximum absolute atomic E-state index is 13.8. The van der Waals surface area contributed by atoms with Crippen LogP contribution in [-0.4, -0.2) is 4.98 Å². The van der Waals surface area contributed by atoms with Gasteiger partial charge in [-0.3, -0.25) is 0 Å². The fraction of sp³-hybridized carbons (Fsp3) is 0.182. The molecule has 0 spiro atoms. The maximum Gasteiger partial charge on any atom is 0.180 e. The average Bonchev–Trinajstić information content (AvgIpc) is 2.63. The Morgan fingerprint density at radius 2 is 2.31 bits per heavy atom. The molecule has 2 N–H and O–H groups in total. The topological polar surface area (TPSA) is 48.1 Å². The molecule has 82 valence electrons. The predicted molar refractivity (Wildman–Crippen MR) is 61.0 cm³/mol. The standard InChI is InChI=1S/C11H9FN2OS/c1-5-2-3-6-9-7(16-11(13)14-9)4-15-10(6)8(5)12/h2-3H,4H2,1H3,(H2,13,14). The van der Waals surface area contributed by atoms with E-state index in [9.17, 15) is 4.39 Å². The Hall–Kier alpha value is -1.62. The van der Waals surface area contributed by atoms with Gasteiger partial charge < -0.3 is 10.5 Å². The van der Waals surface area contributed by atoms with E-state index in [1.165, 1.54) is 11.3 Å². The van der Waals surface area contributed by atoms with Crippen molar-refractivity contribution in [1.29, 1.82) is 0 Å². The summed E-state index contributed by atoms with van der Waals surface area (Å²) in [6, 6.07) is 3.55. The lowest BCUT2D eigenvalue weighted by Crippen LogP contribution is -2.06. The molecule has 0 unspecified atom stereocenters. The number of nitrogens with two attached hydrogens (primary N) is 1. The molecule has 1 aliphatic heterocycles. The molecule has 0 aliphatic carbocycles. The van der Waals surface area contributed by atoms with Gasteiger partial charge in [-0.1, -0.05) is 17.4 Å². The van der Waals surface area contributed by atoms with E-state index in [2.05, 4.69) is 4.98 Å². The molecule has 0 bridgehead atoms. The molecule has 1 aliphatic rings. The molecule has 0 radical (unpaired) electrons. The van der Waals surface area contributed by atoms with E-state index in [1.807, 2.05) is 6.07 Å². The fourth-order valence-electron chi connectivity index (χ4n) is 1.80. The van der Waals surface area contributed by atoms with Gasteiger partial charge in [-0.15, -0.1) is 0 Å². The van der Waals surface area contributed by atoms with Crippen LogP contribution in [0.3, 0.4) is 0 Å². The Bertz CT molecular complexity index is 580. The number of nitrogens with zero attached hydrogens (tertiary/aromatic N) is 1. The summed E-state index contributed by atoms with van der Waals surface area (Å²) in [6.45, 7) is 2.06. The van der Waals surface area contributed by atoms with E-state index < -0.39 is 0 Å². The van der Waals surface area contributed by atoms with Crippen molar-refractivity contribution in [3.63, 3.8) is 0 Å². The van der Waals surface area contributed by atoms with Crippen LogP contribution in [0.1, 0.15) is 10.4 Å². The minimum absolute atomic E-state index is 0.290. The zero-order valence-corrected chi connectivity index (χ0v) is 9.40. The number of nitrogen functional groups attached to an aromatic ring is 1. The summed E-state index contributed by atoms with van der Waals surface area (Å²) in [4.78, 5) is 5.17. The highest BCUT2D eigenvalue weighted by Gasteiger charge is 2.24. The summed E-state index contributed by atoms with van der Waals surface area (Å²) < 4.78 is 19.2. The number of ether oxygens (including phenoxy) is 1. The summed E-state index contributed by atoms with van der Waals surface area (Å²) in [7, 11) is 0. The minimum Gasteiger partial charge on any atom is -0.484 e. The minimum atomic E-state index is -0.310. The molecule has 0 saturated heterocycles. The SMILES string of the molecule is Cc1ccc2c(c1F)OCc1sc(N)nc1-2. The molecule has 16 heavy (non-hydrogen) atoms. The summed E-state index contributed by atoms with van der Waals surface area (Å²) in [5, 5.41) is 0.488. The third kappa shape index (κ3) is 1.21. The second-order valence-corrected chi connectivity index (χ2v) is 4.80. The lowest BCUT2D eigenvalue weighted by molar-refractivity contribution is 0.289. The molecule has 1 aromatic heterocycles. The highest BCUT2D eigenvalue weighted by atomic mass is 32.1. The van der Waals surface area contributed by atoms with Crippen LogP contribution in [0.2, 0.25) is 0 Å². The molecule has 0 amide bonds. The number of halogens is 1. The lowest BCUT2D eigenvalue weighted by Gasteiger charge is -2.17. The van der Waals surface area contributed by atoms with Gasteiger partial charge in [0.2, 0.25) is 0 Å². The first-order valence-corrected chi connectivity index (χ1v) is 5.66. The van der Waals surface area contributed by atoms with Crippen LogP contribution in [0.5, 0.6) is 5.75 Å². The smallest absolute Gasteiger partial charge is 0.180 e. The second-order valence-electron chi connectivity index (χ2n) is 3.69. The van der Waals surface area contributed by atoms with Crippen LogP contribution in [-0.2, 0) is 6.61 Å². The molecule has 3 rings (SSSR count). The van der Waals surface area contributed by atoms with Crippen molar-refractivity contribution < 1.29 is 9.13 Å². The summed E-state index contributed by atoms with van der Waals surface area (Å²) in [6.07, 6.45) is 0. The molecule has 1 aromatic carbocycles. The Morgan fingerprint density at radius 1 is 1.50 bits per heavy atom. The van der Waals surface area contributed by atoms with Crippen LogP contribution >= 0.6 is 11.3 Å². The number of aryl methyl sites for hydroxylation is 1. The van der Waals surface area contributed by atoms with Crippen LogP contribution in [0.25, 0.3) is 11.3 Å². The molecular weight excluding hydrogens is 227 g/mol. The molecule has 2 aromatic rings. The first kappa shape index (κ1) is 9.59. The van der Waals surface area contributed by atoms with Gasteiger partial charge in [0.1, 0.15) is 6.61 Å². The highest BCUT2D eigenvalue weighted by Crippen LogP contribution is 2.42. The number of hydrogen-bond donors (Lipinski definition) is 1. The highest BCUT2D eigenvalue weighted by molar-refractivity contribution is 7.15. The van der Waals surface area contributed by atoms with Crippen molar-refractivity contribution in [3.05, 3.63) is 28.4 Å². The van der Waals surface area contributed by atoms with Crippen LogP contribution in [0, 0.1) is 12.7 Å². The second kappa shape index (κ2) is 3.18. The normalized spacial score (nSPS) is 12.9. The van der Waals surface area contributed by atoms with Crippen molar-refractivity contribution in [3.8, 4) is 17.0 Å². The monoisotopic (exact) mass is 236 g/mol. The van der Waals surface area contributed by atoms with Gasteiger partial charge in [0.25, 0.3) is 0 Å². The van der Waals surface area contributed by atoms with Crippen LogP contribution in [0.15, 0.2) is 12.1 Å². The number of fused-ring (bicyclic) bond motifs is 3. The molecule has 2 heterocycles. The molecule has 5 heteroatoms. The summed E-state index contributed by atoms with van der Waals surface area (Å²) >= 11 is 1.38. The molecular formula is C11H9FN2OS. The quantitative estimate of drug-likeness (QED) is 0.765. The van der Waals surface area contributed by atoms with E-state index in [1.54, 1.807) is 13.0 Å². The van der Waals surface area contributed by atoms with Gasteiger partial charge in [0.15, 0.2) is 16.7 Å². The Balaban J connectivity index is 2.29. The van der Waals surface area contributed by atoms with E-state index >= 15 is 0 Å². The van der Waals surface area contributed by atoms with Crippen molar-refractivity contribution >= 4 is 16.5 Å². The molecule has 3 nitrogen and oxygen atoms in total. The number of anilines is 1. The third-order valence-electron chi connectivity index (χ3n) is 2.61. The van der Waals surface area contributed by atoms with Crippen molar-refractivity contribution in [1.82, 2.24) is 4.98 Å². The van der Waals surface area contributed by atoms with E-state index in [4.69, 9.17) is 10.5 Å². The van der Waals surface area contributed by atoms with Gasteiger partial charge in [0.05, 0.1) is 10.6 Å². The van der Waals surface area contributed by atoms with Crippen LogP contribution in [0.4, 0.5) is 9.52 Å². The fourth-order valence-corrected chi connectivity index (χ4v) is 2.56. The van der Waals surface area contributed by atoms with Crippen molar-refractivity contribution in [2.24, 2.45) is 0 Å². The number of benzene rings is 1. The largest absolute Gasteiger partial charge is 0.484 e. The first-order valence-electron chi connectivity index (χ1n) is 4.84. The van der Waals surface area contributed by atoms with Gasteiger partial charge in [-0.05, 0) is 18.6 Å². The molecule has 0 fully saturated rings. The molecule has 0 saturated carbocycles. The lowest BCUT2D eigenvalue weighted by atomic mass is 10.0. The maximum atomic E-state index is 13.8. The zero-order chi connectivity index (χ0) is 11.3.